The SMILES string of the molecule is COc1ccc2c(N3CCC(C)C3CN)nccc2c1. The molecule has 1 fully saturated rings. The predicted molar refractivity (Wildman–Crippen MR) is 82.3 cm³/mol. The first-order valence-corrected chi connectivity index (χ1v) is 7.14. The van der Waals surface area contributed by atoms with Crippen molar-refractivity contribution in [3.05, 3.63) is 30.5 Å². The number of benzene rings is 1. The highest BCUT2D eigenvalue weighted by molar-refractivity contribution is 5.93. The second kappa shape index (κ2) is 5.29. The van der Waals surface area contributed by atoms with Crippen LogP contribution in [0.1, 0.15) is 13.3 Å². The predicted octanol–water partition coefficient (Wildman–Crippen LogP) is 2.42. The topological polar surface area (TPSA) is 51.4 Å². The molecule has 106 valence electrons. The van der Waals surface area contributed by atoms with Gasteiger partial charge in [0.25, 0.3) is 0 Å². The third-order valence-corrected chi connectivity index (χ3v) is 4.35. The van der Waals surface area contributed by atoms with Gasteiger partial charge in [0.05, 0.1) is 7.11 Å². The monoisotopic (exact) mass is 271 g/mol. The lowest BCUT2D eigenvalue weighted by Gasteiger charge is -2.27. The van der Waals surface area contributed by atoms with Gasteiger partial charge in [-0.1, -0.05) is 6.92 Å². The molecule has 20 heavy (non-hydrogen) atoms. The van der Waals surface area contributed by atoms with E-state index in [1.807, 2.05) is 18.3 Å². The number of pyridine rings is 1. The number of rotatable bonds is 3. The zero-order valence-corrected chi connectivity index (χ0v) is 12.0. The fraction of sp³-hybridized carbons (Fsp3) is 0.438. The van der Waals surface area contributed by atoms with Crippen LogP contribution in [0.2, 0.25) is 0 Å². The number of nitrogens with zero attached hydrogens (tertiary/aromatic N) is 2. The quantitative estimate of drug-likeness (QED) is 0.931. The third-order valence-electron chi connectivity index (χ3n) is 4.35. The van der Waals surface area contributed by atoms with Crippen molar-refractivity contribution in [1.82, 2.24) is 4.98 Å². The van der Waals surface area contributed by atoms with Gasteiger partial charge in [0.1, 0.15) is 11.6 Å². The van der Waals surface area contributed by atoms with Gasteiger partial charge < -0.3 is 15.4 Å². The molecule has 0 bridgehead atoms. The molecule has 0 spiro atoms. The first kappa shape index (κ1) is 13.2. The lowest BCUT2D eigenvalue weighted by atomic mass is 10.0. The van der Waals surface area contributed by atoms with Gasteiger partial charge in [0.2, 0.25) is 0 Å². The van der Waals surface area contributed by atoms with Gasteiger partial charge >= 0.3 is 0 Å². The van der Waals surface area contributed by atoms with E-state index in [-0.39, 0.29) is 0 Å². The fourth-order valence-electron chi connectivity index (χ4n) is 3.13. The third kappa shape index (κ3) is 2.10. The minimum Gasteiger partial charge on any atom is -0.497 e. The van der Waals surface area contributed by atoms with Gasteiger partial charge in [0, 0.05) is 30.7 Å². The molecule has 0 amide bonds. The maximum Gasteiger partial charge on any atom is 0.136 e. The van der Waals surface area contributed by atoms with Crippen LogP contribution >= 0.6 is 0 Å². The lowest BCUT2D eigenvalue weighted by molar-refractivity contribution is 0.415. The number of aromatic nitrogens is 1. The Kier molecular flexibility index (Phi) is 3.49. The Balaban J connectivity index is 2.07. The Morgan fingerprint density at radius 2 is 2.25 bits per heavy atom. The van der Waals surface area contributed by atoms with Crippen molar-refractivity contribution in [3.8, 4) is 5.75 Å². The van der Waals surface area contributed by atoms with Gasteiger partial charge in [-0.3, -0.25) is 0 Å². The zero-order valence-electron chi connectivity index (χ0n) is 12.0. The number of anilines is 1. The molecule has 3 rings (SSSR count). The van der Waals surface area contributed by atoms with Crippen LogP contribution in [0.25, 0.3) is 10.8 Å². The highest BCUT2D eigenvalue weighted by Crippen LogP contribution is 2.33. The van der Waals surface area contributed by atoms with E-state index in [1.54, 1.807) is 7.11 Å². The van der Waals surface area contributed by atoms with Crippen LogP contribution < -0.4 is 15.4 Å². The Morgan fingerprint density at radius 1 is 1.40 bits per heavy atom. The van der Waals surface area contributed by atoms with Gasteiger partial charge in [-0.05, 0) is 42.0 Å². The highest BCUT2D eigenvalue weighted by Gasteiger charge is 2.31. The molecule has 2 atom stereocenters. The molecule has 2 aromatic rings. The largest absolute Gasteiger partial charge is 0.497 e. The van der Waals surface area contributed by atoms with Crippen molar-refractivity contribution in [2.45, 2.75) is 19.4 Å². The molecule has 4 heteroatoms. The van der Waals surface area contributed by atoms with Crippen LogP contribution in [0, 0.1) is 5.92 Å². The fourth-order valence-corrected chi connectivity index (χ4v) is 3.13. The molecule has 1 aliphatic rings. The van der Waals surface area contributed by atoms with Crippen molar-refractivity contribution < 1.29 is 4.74 Å². The summed E-state index contributed by atoms with van der Waals surface area (Å²) in [5, 5.41) is 2.32. The minimum absolute atomic E-state index is 0.384. The molecule has 1 aromatic heterocycles. The summed E-state index contributed by atoms with van der Waals surface area (Å²) in [6, 6.07) is 8.54. The maximum atomic E-state index is 5.95. The summed E-state index contributed by atoms with van der Waals surface area (Å²) in [4.78, 5) is 6.97. The van der Waals surface area contributed by atoms with Crippen molar-refractivity contribution in [2.75, 3.05) is 25.1 Å². The van der Waals surface area contributed by atoms with E-state index in [4.69, 9.17) is 10.5 Å². The van der Waals surface area contributed by atoms with Crippen molar-refractivity contribution in [1.29, 1.82) is 0 Å². The van der Waals surface area contributed by atoms with Gasteiger partial charge in [0.15, 0.2) is 0 Å². The average Bonchev–Trinajstić information content (AvgIpc) is 2.86. The lowest BCUT2D eigenvalue weighted by Crippen LogP contribution is -2.38. The Bertz CT molecular complexity index is 614. The number of fused-ring (bicyclic) bond motifs is 1. The van der Waals surface area contributed by atoms with Crippen LogP contribution in [0.5, 0.6) is 5.75 Å². The van der Waals surface area contributed by atoms with Gasteiger partial charge in [-0.15, -0.1) is 0 Å². The van der Waals surface area contributed by atoms with E-state index in [9.17, 15) is 0 Å². The Hall–Kier alpha value is -1.81. The van der Waals surface area contributed by atoms with E-state index in [2.05, 4.69) is 28.9 Å². The number of ether oxygens (including phenoxy) is 1. The molecule has 2 heterocycles. The summed E-state index contributed by atoms with van der Waals surface area (Å²) in [6.07, 6.45) is 3.05. The average molecular weight is 271 g/mol. The highest BCUT2D eigenvalue weighted by atomic mass is 16.5. The van der Waals surface area contributed by atoms with Crippen molar-refractivity contribution >= 4 is 16.6 Å². The van der Waals surface area contributed by atoms with E-state index in [1.165, 1.54) is 11.8 Å². The number of nitrogens with two attached hydrogens (primary N) is 1. The van der Waals surface area contributed by atoms with Crippen molar-refractivity contribution in [2.24, 2.45) is 11.7 Å². The molecular formula is C16H21N3O. The van der Waals surface area contributed by atoms with E-state index >= 15 is 0 Å². The molecule has 0 aliphatic carbocycles. The van der Waals surface area contributed by atoms with Crippen LogP contribution in [0.4, 0.5) is 5.82 Å². The molecule has 1 aliphatic heterocycles. The number of methoxy groups -OCH3 is 1. The molecule has 4 nitrogen and oxygen atoms in total. The van der Waals surface area contributed by atoms with Gasteiger partial charge in [-0.2, -0.15) is 0 Å². The van der Waals surface area contributed by atoms with Crippen molar-refractivity contribution in [3.63, 3.8) is 0 Å². The summed E-state index contributed by atoms with van der Waals surface area (Å²) < 4.78 is 5.29. The Morgan fingerprint density at radius 3 is 3.00 bits per heavy atom. The summed E-state index contributed by atoms with van der Waals surface area (Å²) >= 11 is 0. The molecular weight excluding hydrogens is 250 g/mol. The number of hydrogen-bond acceptors (Lipinski definition) is 4. The molecule has 2 unspecified atom stereocenters. The second-order valence-corrected chi connectivity index (χ2v) is 5.48. The minimum atomic E-state index is 0.384. The standard InChI is InChI=1S/C16H21N3O/c1-11-6-8-19(15(11)10-17)16-14-4-3-13(20-2)9-12(14)5-7-18-16/h3-5,7,9,11,15H,6,8,10,17H2,1-2H3. The van der Waals surface area contributed by atoms with E-state index < -0.39 is 0 Å². The molecule has 1 aromatic carbocycles. The molecule has 0 radical (unpaired) electrons. The van der Waals surface area contributed by atoms with E-state index in [0.29, 0.717) is 18.5 Å². The van der Waals surface area contributed by atoms with Crippen LogP contribution in [0.3, 0.4) is 0 Å². The summed E-state index contributed by atoms with van der Waals surface area (Å²) in [5.41, 5.74) is 5.95. The zero-order chi connectivity index (χ0) is 14.1. The second-order valence-electron chi connectivity index (χ2n) is 5.48. The van der Waals surface area contributed by atoms with Crippen LogP contribution in [-0.4, -0.2) is 31.2 Å². The first-order valence-electron chi connectivity index (χ1n) is 7.14. The number of hydrogen-bond donors (Lipinski definition) is 1. The van der Waals surface area contributed by atoms with Gasteiger partial charge in [-0.25, -0.2) is 4.98 Å². The molecule has 2 N–H and O–H groups in total. The molecule has 1 saturated heterocycles. The van der Waals surface area contributed by atoms with Crippen LogP contribution in [-0.2, 0) is 0 Å². The van der Waals surface area contributed by atoms with E-state index in [0.717, 1.165) is 23.5 Å². The van der Waals surface area contributed by atoms with Crippen LogP contribution in [0.15, 0.2) is 30.5 Å². The first-order chi connectivity index (χ1) is 9.74. The Labute approximate surface area is 119 Å². The summed E-state index contributed by atoms with van der Waals surface area (Å²) in [7, 11) is 1.69. The summed E-state index contributed by atoms with van der Waals surface area (Å²) in [6.45, 7) is 3.97. The molecule has 0 saturated carbocycles. The maximum absolute atomic E-state index is 5.95. The summed E-state index contributed by atoms with van der Waals surface area (Å²) in [5.74, 6) is 2.54. The normalized spacial score (nSPS) is 22.4. The smallest absolute Gasteiger partial charge is 0.136 e.